The molecule has 0 bridgehead atoms. The van der Waals surface area contributed by atoms with E-state index in [9.17, 15) is 18.8 Å². The van der Waals surface area contributed by atoms with Crippen LogP contribution in [0.5, 0.6) is 0 Å². The molecule has 0 fully saturated rings. The second-order valence-corrected chi connectivity index (χ2v) is 4.46. The Labute approximate surface area is 117 Å². The van der Waals surface area contributed by atoms with Gasteiger partial charge in [0.25, 0.3) is 11.7 Å². The van der Waals surface area contributed by atoms with Crippen LogP contribution in [0.25, 0.3) is 0 Å². The second-order valence-electron chi connectivity index (χ2n) is 4.46. The van der Waals surface area contributed by atoms with E-state index in [1.54, 1.807) is 0 Å². The Kier molecular flexibility index (Phi) is 2.83. The van der Waals surface area contributed by atoms with Gasteiger partial charge in [0.05, 0.1) is 24.1 Å². The van der Waals surface area contributed by atoms with E-state index in [4.69, 9.17) is 9.52 Å². The quantitative estimate of drug-likeness (QED) is 0.871. The summed E-state index contributed by atoms with van der Waals surface area (Å²) in [5.41, 5.74) is 0.477. The first-order valence-electron chi connectivity index (χ1n) is 5.94. The molecular weight excluding hydrogens is 281 g/mol. The maximum atomic E-state index is 13.2. The van der Waals surface area contributed by atoms with Gasteiger partial charge in [-0.2, -0.15) is 0 Å². The Bertz CT molecular complexity index is 779. The molecule has 1 aliphatic rings. The molecule has 0 saturated carbocycles. The van der Waals surface area contributed by atoms with E-state index in [1.165, 1.54) is 18.4 Å². The molecule has 1 aromatic heterocycles. The topological polar surface area (TPSA) is 87.8 Å². The first-order valence-corrected chi connectivity index (χ1v) is 5.94. The van der Waals surface area contributed by atoms with E-state index < -0.39 is 23.5 Å². The zero-order valence-corrected chi connectivity index (χ0v) is 10.5. The largest absolute Gasteiger partial charge is 0.475 e. The third-order valence-electron chi connectivity index (χ3n) is 3.20. The van der Waals surface area contributed by atoms with E-state index >= 15 is 0 Å². The smallest absolute Gasteiger partial charge is 0.372 e. The highest BCUT2D eigenvalue weighted by Gasteiger charge is 2.36. The zero-order chi connectivity index (χ0) is 15.1. The van der Waals surface area contributed by atoms with Crippen molar-refractivity contribution in [2.45, 2.75) is 6.54 Å². The molecule has 0 unspecified atom stereocenters. The molecule has 1 aromatic carbocycles. The van der Waals surface area contributed by atoms with Crippen molar-refractivity contribution in [2.75, 3.05) is 4.90 Å². The fourth-order valence-electron chi connectivity index (χ4n) is 2.25. The van der Waals surface area contributed by atoms with E-state index in [-0.39, 0.29) is 29.1 Å². The van der Waals surface area contributed by atoms with Crippen LogP contribution in [-0.4, -0.2) is 22.8 Å². The minimum Gasteiger partial charge on any atom is -0.475 e. The fourth-order valence-corrected chi connectivity index (χ4v) is 2.25. The van der Waals surface area contributed by atoms with E-state index in [0.717, 1.165) is 17.0 Å². The number of carboxylic acids is 1. The van der Waals surface area contributed by atoms with Gasteiger partial charge in [0.1, 0.15) is 5.82 Å². The maximum Gasteiger partial charge on any atom is 0.372 e. The van der Waals surface area contributed by atoms with Crippen molar-refractivity contribution in [1.82, 2.24) is 0 Å². The number of ketones is 1. The summed E-state index contributed by atoms with van der Waals surface area (Å²) in [6.45, 7) is -0.138. The van der Waals surface area contributed by atoms with Crippen LogP contribution in [0.4, 0.5) is 10.1 Å². The average molecular weight is 289 g/mol. The lowest BCUT2D eigenvalue weighted by molar-refractivity contribution is -0.114. The molecule has 7 heteroatoms. The van der Waals surface area contributed by atoms with Crippen LogP contribution in [0.3, 0.4) is 0 Å². The van der Waals surface area contributed by atoms with Crippen molar-refractivity contribution >= 4 is 23.3 Å². The van der Waals surface area contributed by atoms with Gasteiger partial charge in [0.15, 0.2) is 0 Å². The van der Waals surface area contributed by atoms with Crippen molar-refractivity contribution in [2.24, 2.45) is 0 Å². The van der Waals surface area contributed by atoms with E-state index in [0.29, 0.717) is 0 Å². The predicted molar refractivity (Wildman–Crippen MR) is 67.6 cm³/mol. The minimum absolute atomic E-state index is 0.0274. The number of anilines is 1. The number of amides is 1. The van der Waals surface area contributed by atoms with Gasteiger partial charge in [-0.05, 0) is 24.3 Å². The maximum absolute atomic E-state index is 13.2. The highest BCUT2D eigenvalue weighted by molar-refractivity contribution is 6.52. The Morgan fingerprint density at radius 2 is 2.05 bits per heavy atom. The zero-order valence-electron chi connectivity index (χ0n) is 10.5. The monoisotopic (exact) mass is 289 g/mol. The number of carbonyl (C=O) groups is 3. The summed E-state index contributed by atoms with van der Waals surface area (Å²) < 4.78 is 18.0. The van der Waals surface area contributed by atoms with E-state index in [1.807, 2.05) is 0 Å². The number of halogens is 1. The van der Waals surface area contributed by atoms with Crippen molar-refractivity contribution in [3.8, 4) is 0 Å². The normalized spacial score (nSPS) is 13.7. The SMILES string of the molecule is O=C1C(=O)N(Cc2ccoc2C(=O)O)c2ccc(F)cc21. The lowest BCUT2D eigenvalue weighted by Crippen LogP contribution is -2.29. The molecule has 2 aromatic rings. The van der Waals surface area contributed by atoms with Gasteiger partial charge in [0, 0.05) is 5.56 Å². The van der Waals surface area contributed by atoms with Gasteiger partial charge in [-0.3, -0.25) is 9.59 Å². The molecule has 0 radical (unpaired) electrons. The number of carbonyl (C=O) groups excluding carboxylic acids is 2. The number of rotatable bonds is 3. The number of carboxylic acid groups (broad SMARTS) is 1. The van der Waals surface area contributed by atoms with Crippen LogP contribution in [-0.2, 0) is 11.3 Å². The lowest BCUT2D eigenvalue weighted by Gasteiger charge is -2.15. The standard InChI is InChI=1S/C14H8FNO5/c15-8-1-2-10-9(5-8)11(17)13(18)16(10)6-7-3-4-21-12(7)14(19)20/h1-5H,6H2,(H,19,20). The molecule has 6 nitrogen and oxygen atoms in total. The molecule has 2 heterocycles. The number of fused-ring (bicyclic) bond motifs is 1. The third-order valence-corrected chi connectivity index (χ3v) is 3.20. The highest BCUT2D eigenvalue weighted by atomic mass is 19.1. The molecule has 21 heavy (non-hydrogen) atoms. The number of benzene rings is 1. The molecule has 1 amide bonds. The van der Waals surface area contributed by atoms with Gasteiger partial charge in [-0.1, -0.05) is 0 Å². The lowest BCUT2D eigenvalue weighted by atomic mass is 10.1. The number of Topliss-reactive ketones (excluding diaryl/α,β-unsaturated/α-hetero) is 1. The molecule has 1 aliphatic heterocycles. The van der Waals surface area contributed by atoms with Crippen LogP contribution >= 0.6 is 0 Å². The van der Waals surface area contributed by atoms with Gasteiger partial charge in [0.2, 0.25) is 5.76 Å². The van der Waals surface area contributed by atoms with Gasteiger partial charge in [-0.25, -0.2) is 9.18 Å². The Morgan fingerprint density at radius 3 is 2.76 bits per heavy atom. The Morgan fingerprint density at radius 1 is 1.29 bits per heavy atom. The molecule has 0 spiro atoms. The van der Waals surface area contributed by atoms with Crippen molar-refractivity contribution in [3.05, 3.63) is 53.2 Å². The van der Waals surface area contributed by atoms with Crippen molar-refractivity contribution < 1.29 is 28.3 Å². The highest BCUT2D eigenvalue weighted by Crippen LogP contribution is 2.31. The molecule has 3 rings (SSSR count). The summed E-state index contributed by atoms with van der Waals surface area (Å²) in [5, 5.41) is 8.96. The average Bonchev–Trinajstić information content (AvgIpc) is 2.99. The van der Waals surface area contributed by atoms with Crippen LogP contribution in [0.15, 0.2) is 34.9 Å². The van der Waals surface area contributed by atoms with Crippen LogP contribution in [0.2, 0.25) is 0 Å². The second kappa shape index (κ2) is 4.55. The summed E-state index contributed by atoms with van der Waals surface area (Å²) in [5.74, 6) is -3.83. The summed E-state index contributed by atoms with van der Waals surface area (Å²) in [6, 6.07) is 4.84. The van der Waals surface area contributed by atoms with Gasteiger partial charge >= 0.3 is 5.97 Å². The van der Waals surface area contributed by atoms with E-state index in [2.05, 4.69) is 0 Å². The summed E-state index contributed by atoms with van der Waals surface area (Å²) in [6.07, 6.45) is 1.19. The first-order chi connectivity index (χ1) is 9.99. The minimum atomic E-state index is -1.27. The van der Waals surface area contributed by atoms with Crippen molar-refractivity contribution in [1.29, 1.82) is 0 Å². The summed E-state index contributed by atoms with van der Waals surface area (Å²) in [4.78, 5) is 35.9. The summed E-state index contributed by atoms with van der Waals surface area (Å²) >= 11 is 0. The molecule has 0 atom stereocenters. The number of hydrogen-bond donors (Lipinski definition) is 1. The third kappa shape index (κ3) is 1.99. The molecule has 1 N–H and O–H groups in total. The Hall–Kier alpha value is -2.96. The predicted octanol–water partition coefficient (Wildman–Crippen LogP) is 1.85. The molecule has 0 saturated heterocycles. The number of hydrogen-bond acceptors (Lipinski definition) is 4. The Balaban J connectivity index is 2.01. The number of nitrogens with zero attached hydrogens (tertiary/aromatic N) is 1. The van der Waals surface area contributed by atoms with Crippen LogP contribution < -0.4 is 4.90 Å². The molecule has 0 aliphatic carbocycles. The molecule has 106 valence electrons. The first kappa shape index (κ1) is 13.0. The fraction of sp³-hybridized carbons (Fsp3) is 0.0714. The van der Waals surface area contributed by atoms with Crippen LogP contribution in [0.1, 0.15) is 26.5 Å². The number of aromatic carboxylic acids is 1. The van der Waals surface area contributed by atoms with Crippen molar-refractivity contribution in [3.63, 3.8) is 0 Å². The molecular formula is C14H8FNO5. The summed E-state index contributed by atoms with van der Waals surface area (Å²) in [7, 11) is 0. The van der Waals surface area contributed by atoms with Gasteiger partial charge < -0.3 is 14.4 Å². The van der Waals surface area contributed by atoms with Gasteiger partial charge in [-0.15, -0.1) is 0 Å². The van der Waals surface area contributed by atoms with Crippen LogP contribution in [0, 0.1) is 5.82 Å². The number of furan rings is 1.